The maximum atomic E-state index is 13.1. The summed E-state index contributed by atoms with van der Waals surface area (Å²) < 4.78 is 10.9. The Kier molecular flexibility index (Phi) is 6.42. The Balaban J connectivity index is 1.79. The molecule has 0 bridgehead atoms. The number of Topliss-reactive ketones (excluding diaryl/α,β-unsaturated/α-hetero) is 1. The van der Waals surface area contributed by atoms with Gasteiger partial charge >= 0.3 is 0 Å². The molecular weight excluding hydrogens is 420 g/mol. The number of methoxy groups -OCH3 is 1. The lowest BCUT2D eigenvalue weighted by Crippen LogP contribution is -2.31. The van der Waals surface area contributed by atoms with Crippen molar-refractivity contribution in [2.24, 2.45) is 0 Å². The van der Waals surface area contributed by atoms with Crippen LogP contribution in [0.1, 0.15) is 36.1 Å². The number of benzene rings is 2. The number of carbonyl (C=O) groups is 2. The van der Waals surface area contributed by atoms with Crippen molar-refractivity contribution in [2.45, 2.75) is 31.9 Å². The molecule has 2 aliphatic rings. The topological polar surface area (TPSA) is 79.3 Å². The number of likely N-dealkylation sites (tertiary alicyclic amines) is 1. The van der Waals surface area contributed by atoms with Crippen LogP contribution in [0.5, 0.6) is 5.75 Å². The number of nitrogens with zero attached hydrogens (tertiary/aromatic N) is 2. The molecule has 1 fully saturated rings. The highest BCUT2D eigenvalue weighted by Gasteiger charge is 2.45. The van der Waals surface area contributed by atoms with E-state index in [9.17, 15) is 14.7 Å². The number of carbonyl (C=O) groups excluding carboxylic acids is 2. The third-order valence-electron chi connectivity index (χ3n) is 6.18. The van der Waals surface area contributed by atoms with Gasteiger partial charge in [-0.15, -0.1) is 0 Å². The number of hydrogen-bond donors (Lipinski definition) is 1. The summed E-state index contributed by atoms with van der Waals surface area (Å²) in [5, 5.41) is 11.3. The highest BCUT2D eigenvalue weighted by atomic mass is 16.5. The highest BCUT2D eigenvalue weighted by molar-refractivity contribution is 6.46. The van der Waals surface area contributed by atoms with Crippen LogP contribution in [0.15, 0.2) is 48.0 Å². The predicted molar refractivity (Wildman–Crippen MR) is 127 cm³/mol. The Morgan fingerprint density at radius 1 is 1.18 bits per heavy atom. The van der Waals surface area contributed by atoms with Crippen LogP contribution in [0.25, 0.3) is 5.76 Å². The molecule has 2 aromatic rings. The van der Waals surface area contributed by atoms with E-state index in [1.54, 1.807) is 13.2 Å². The molecular formula is C26H30N2O5. The number of rotatable bonds is 7. The van der Waals surface area contributed by atoms with Gasteiger partial charge in [0.1, 0.15) is 17.6 Å². The minimum Gasteiger partial charge on any atom is -0.507 e. The van der Waals surface area contributed by atoms with Crippen LogP contribution >= 0.6 is 0 Å². The van der Waals surface area contributed by atoms with Crippen molar-refractivity contribution in [3.63, 3.8) is 0 Å². The smallest absolute Gasteiger partial charge is 0.295 e. The van der Waals surface area contributed by atoms with Crippen LogP contribution in [0.2, 0.25) is 0 Å². The minimum absolute atomic E-state index is 0.0685. The second kappa shape index (κ2) is 9.27. The number of ketones is 1. The van der Waals surface area contributed by atoms with Crippen molar-refractivity contribution in [1.82, 2.24) is 4.90 Å². The van der Waals surface area contributed by atoms with Gasteiger partial charge in [0.25, 0.3) is 11.7 Å². The van der Waals surface area contributed by atoms with E-state index in [1.165, 1.54) is 4.90 Å². The SMILES string of the molecule is COCCCN1C(=O)C(=O)C(=C(O)c2ccc3c(c2)C[C@H](C)O3)[C@@H]1c1ccc(N(C)C)cc1. The molecule has 2 heterocycles. The molecule has 1 N–H and O–H groups in total. The standard InChI is InChI=1S/C26H30N2O5/c1-16-14-19-15-18(8-11-21(19)33-16)24(29)22-23(17-6-9-20(10-7-17)27(2)3)28(12-5-13-32-4)26(31)25(22)30/h6-11,15-16,23,29H,5,12-14H2,1-4H3/t16-,23-/m0/s1. The van der Waals surface area contributed by atoms with Gasteiger partial charge in [-0.3, -0.25) is 9.59 Å². The van der Waals surface area contributed by atoms with Gasteiger partial charge in [-0.05, 0) is 54.8 Å². The molecule has 2 aliphatic heterocycles. The van der Waals surface area contributed by atoms with Gasteiger partial charge in [-0.1, -0.05) is 12.1 Å². The Labute approximate surface area is 194 Å². The summed E-state index contributed by atoms with van der Waals surface area (Å²) in [4.78, 5) is 29.6. The number of aliphatic hydroxyl groups excluding tert-OH is 1. The second-order valence-electron chi connectivity index (χ2n) is 8.78. The third-order valence-corrected chi connectivity index (χ3v) is 6.18. The first-order valence-corrected chi connectivity index (χ1v) is 11.2. The molecule has 7 heteroatoms. The lowest BCUT2D eigenvalue weighted by atomic mass is 9.94. The molecule has 2 aromatic carbocycles. The molecule has 0 spiro atoms. The number of amides is 1. The molecule has 7 nitrogen and oxygen atoms in total. The van der Waals surface area contributed by atoms with Crippen molar-refractivity contribution in [1.29, 1.82) is 0 Å². The fraction of sp³-hybridized carbons (Fsp3) is 0.385. The Morgan fingerprint density at radius 3 is 2.58 bits per heavy atom. The van der Waals surface area contributed by atoms with Gasteiger partial charge in [0.15, 0.2) is 0 Å². The van der Waals surface area contributed by atoms with Crippen molar-refractivity contribution in [2.75, 3.05) is 39.3 Å². The number of ether oxygens (including phenoxy) is 2. The number of aliphatic hydroxyl groups is 1. The monoisotopic (exact) mass is 450 g/mol. The van der Waals surface area contributed by atoms with Crippen LogP contribution < -0.4 is 9.64 Å². The van der Waals surface area contributed by atoms with Crippen LogP contribution in [-0.2, 0) is 20.7 Å². The summed E-state index contributed by atoms with van der Waals surface area (Å²) in [5.41, 5.74) is 3.38. The van der Waals surface area contributed by atoms with Gasteiger partial charge < -0.3 is 24.4 Å². The molecule has 0 aliphatic carbocycles. The molecule has 0 aromatic heterocycles. The Bertz CT molecular complexity index is 1090. The number of anilines is 1. The van der Waals surface area contributed by atoms with E-state index < -0.39 is 17.7 Å². The van der Waals surface area contributed by atoms with Crippen molar-refractivity contribution in [3.8, 4) is 5.75 Å². The summed E-state index contributed by atoms with van der Waals surface area (Å²) in [6, 6.07) is 12.4. The van der Waals surface area contributed by atoms with Crippen molar-refractivity contribution in [3.05, 3.63) is 64.7 Å². The van der Waals surface area contributed by atoms with Crippen LogP contribution in [0, 0.1) is 0 Å². The van der Waals surface area contributed by atoms with Crippen LogP contribution in [-0.4, -0.2) is 62.2 Å². The van der Waals surface area contributed by atoms with Crippen LogP contribution in [0.3, 0.4) is 0 Å². The number of hydrogen-bond acceptors (Lipinski definition) is 6. The lowest BCUT2D eigenvalue weighted by molar-refractivity contribution is -0.140. The van der Waals surface area contributed by atoms with Gasteiger partial charge in [-0.25, -0.2) is 0 Å². The maximum absolute atomic E-state index is 13.1. The molecule has 0 radical (unpaired) electrons. The Morgan fingerprint density at radius 2 is 1.91 bits per heavy atom. The molecule has 0 saturated carbocycles. The molecule has 4 rings (SSSR count). The lowest BCUT2D eigenvalue weighted by Gasteiger charge is -2.26. The summed E-state index contributed by atoms with van der Waals surface area (Å²) in [5.74, 6) is -0.648. The molecule has 1 amide bonds. The summed E-state index contributed by atoms with van der Waals surface area (Å²) in [7, 11) is 5.50. The fourth-order valence-electron chi connectivity index (χ4n) is 4.52. The fourth-order valence-corrected chi connectivity index (χ4v) is 4.52. The second-order valence-corrected chi connectivity index (χ2v) is 8.78. The first kappa shape index (κ1) is 22.9. The molecule has 174 valence electrons. The zero-order valence-electron chi connectivity index (χ0n) is 19.5. The minimum atomic E-state index is -0.670. The van der Waals surface area contributed by atoms with Gasteiger partial charge in [0.2, 0.25) is 0 Å². The van der Waals surface area contributed by atoms with E-state index in [2.05, 4.69) is 0 Å². The summed E-state index contributed by atoms with van der Waals surface area (Å²) >= 11 is 0. The Hall–Kier alpha value is -3.32. The average molecular weight is 451 g/mol. The van der Waals surface area contributed by atoms with E-state index in [1.807, 2.05) is 62.3 Å². The van der Waals surface area contributed by atoms with E-state index in [-0.39, 0.29) is 17.4 Å². The van der Waals surface area contributed by atoms with Crippen LogP contribution in [0.4, 0.5) is 5.69 Å². The highest BCUT2D eigenvalue weighted by Crippen LogP contribution is 2.41. The number of fused-ring (bicyclic) bond motifs is 1. The summed E-state index contributed by atoms with van der Waals surface area (Å²) in [6.07, 6.45) is 1.39. The molecule has 1 saturated heterocycles. The van der Waals surface area contributed by atoms with Gasteiger partial charge in [0, 0.05) is 52.0 Å². The first-order chi connectivity index (χ1) is 15.8. The normalized spacial score (nSPS) is 21.3. The zero-order chi connectivity index (χ0) is 23.7. The zero-order valence-corrected chi connectivity index (χ0v) is 19.5. The first-order valence-electron chi connectivity index (χ1n) is 11.2. The van der Waals surface area contributed by atoms with E-state index in [0.717, 1.165) is 29.0 Å². The van der Waals surface area contributed by atoms with E-state index in [0.29, 0.717) is 25.1 Å². The van der Waals surface area contributed by atoms with Crippen molar-refractivity contribution < 1.29 is 24.2 Å². The molecule has 0 unspecified atom stereocenters. The third kappa shape index (κ3) is 4.33. The maximum Gasteiger partial charge on any atom is 0.295 e. The van der Waals surface area contributed by atoms with E-state index >= 15 is 0 Å². The summed E-state index contributed by atoms with van der Waals surface area (Å²) in [6.45, 7) is 2.81. The van der Waals surface area contributed by atoms with Gasteiger partial charge in [-0.2, -0.15) is 0 Å². The quantitative estimate of drug-likeness (QED) is 0.301. The van der Waals surface area contributed by atoms with Crippen molar-refractivity contribution >= 4 is 23.1 Å². The van der Waals surface area contributed by atoms with Gasteiger partial charge in [0.05, 0.1) is 11.6 Å². The predicted octanol–water partition coefficient (Wildman–Crippen LogP) is 3.53. The largest absolute Gasteiger partial charge is 0.507 e. The average Bonchev–Trinajstić information content (AvgIpc) is 3.29. The van der Waals surface area contributed by atoms with E-state index in [4.69, 9.17) is 9.47 Å². The molecule has 33 heavy (non-hydrogen) atoms. The molecule has 2 atom stereocenters.